The molecule has 0 aliphatic rings. The molecule has 0 aliphatic heterocycles. The number of methoxy groups -OCH3 is 1. The van der Waals surface area contributed by atoms with Gasteiger partial charge in [-0.2, -0.15) is 4.98 Å². The predicted molar refractivity (Wildman–Crippen MR) is 108 cm³/mol. The highest BCUT2D eigenvalue weighted by atomic mass is 16.5. The van der Waals surface area contributed by atoms with Crippen LogP contribution in [-0.2, 0) is 0 Å². The van der Waals surface area contributed by atoms with E-state index in [1.54, 1.807) is 7.11 Å². The Morgan fingerprint density at radius 2 is 1.67 bits per heavy atom. The van der Waals surface area contributed by atoms with Gasteiger partial charge in [-0.15, -0.1) is 0 Å². The minimum Gasteiger partial charge on any atom is -0.497 e. The number of aromatic nitrogens is 2. The molecule has 0 saturated heterocycles. The van der Waals surface area contributed by atoms with Gasteiger partial charge in [0.05, 0.1) is 13.7 Å². The number of nitrogens with one attached hydrogen (secondary N) is 1. The molecule has 0 unspecified atom stereocenters. The molecule has 2 aromatic carbocycles. The van der Waals surface area contributed by atoms with Gasteiger partial charge in [0, 0.05) is 24.5 Å². The maximum absolute atomic E-state index is 5.72. The van der Waals surface area contributed by atoms with Gasteiger partial charge in [0.15, 0.2) is 0 Å². The highest BCUT2D eigenvalue weighted by Crippen LogP contribution is 2.22. The number of ether oxygens (including phenoxy) is 2. The number of rotatable bonds is 8. The SMILES string of the molecule is COc1ccc(OCCNc2nc(C)cc(N(C)c3ccccc3)n2)cc1. The monoisotopic (exact) mass is 364 g/mol. The Morgan fingerprint density at radius 1 is 0.963 bits per heavy atom. The van der Waals surface area contributed by atoms with Crippen LogP contribution in [-0.4, -0.2) is 37.3 Å². The van der Waals surface area contributed by atoms with Gasteiger partial charge in [-0.05, 0) is 43.3 Å². The van der Waals surface area contributed by atoms with Crippen LogP contribution in [0, 0.1) is 6.92 Å². The lowest BCUT2D eigenvalue weighted by atomic mass is 10.3. The Labute approximate surface area is 159 Å². The van der Waals surface area contributed by atoms with E-state index in [1.165, 1.54) is 0 Å². The summed E-state index contributed by atoms with van der Waals surface area (Å²) in [4.78, 5) is 11.1. The van der Waals surface area contributed by atoms with E-state index in [1.807, 2.05) is 79.5 Å². The molecule has 140 valence electrons. The predicted octanol–water partition coefficient (Wildman–Crippen LogP) is 4.05. The lowest BCUT2D eigenvalue weighted by Crippen LogP contribution is -2.16. The van der Waals surface area contributed by atoms with Crippen molar-refractivity contribution in [3.05, 3.63) is 66.4 Å². The van der Waals surface area contributed by atoms with Crippen molar-refractivity contribution in [1.82, 2.24) is 9.97 Å². The fourth-order valence-corrected chi connectivity index (χ4v) is 2.59. The standard InChI is InChI=1S/C21H24N4O2/c1-16-15-20(25(2)17-7-5-4-6-8-17)24-21(23-16)22-13-14-27-19-11-9-18(26-3)10-12-19/h4-12,15H,13-14H2,1-3H3,(H,22,23,24). The zero-order chi connectivity index (χ0) is 19.1. The van der Waals surface area contributed by atoms with Crippen molar-refractivity contribution < 1.29 is 9.47 Å². The van der Waals surface area contributed by atoms with Gasteiger partial charge in [0.1, 0.15) is 23.9 Å². The molecule has 1 aromatic heterocycles. The summed E-state index contributed by atoms with van der Waals surface area (Å²) in [5, 5.41) is 3.23. The van der Waals surface area contributed by atoms with Crippen LogP contribution in [0.1, 0.15) is 5.69 Å². The molecule has 0 saturated carbocycles. The van der Waals surface area contributed by atoms with Crippen LogP contribution in [0.3, 0.4) is 0 Å². The average Bonchev–Trinajstić information content (AvgIpc) is 2.71. The summed E-state index contributed by atoms with van der Waals surface area (Å²) in [6.07, 6.45) is 0. The maximum atomic E-state index is 5.72. The van der Waals surface area contributed by atoms with Crippen LogP contribution in [0.2, 0.25) is 0 Å². The third-order valence-electron chi connectivity index (χ3n) is 4.04. The quantitative estimate of drug-likeness (QED) is 0.609. The molecule has 0 fully saturated rings. The second kappa shape index (κ2) is 8.89. The van der Waals surface area contributed by atoms with E-state index in [-0.39, 0.29) is 0 Å². The Morgan fingerprint density at radius 3 is 2.37 bits per heavy atom. The first-order valence-electron chi connectivity index (χ1n) is 8.81. The van der Waals surface area contributed by atoms with Crippen LogP contribution < -0.4 is 19.7 Å². The number of hydrogen-bond donors (Lipinski definition) is 1. The van der Waals surface area contributed by atoms with E-state index in [2.05, 4.69) is 15.3 Å². The first-order chi connectivity index (χ1) is 13.2. The molecule has 6 nitrogen and oxygen atoms in total. The van der Waals surface area contributed by atoms with E-state index in [0.717, 1.165) is 28.7 Å². The normalized spacial score (nSPS) is 10.3. The van der Waals surface area contributed by atoms with Crippen molar-refractivity contribution in [2.24, 2.45) is 0 Å². The van der Waals surface area contributed by atoms with Gasteiger partial charge in [0.25, 0.3) is 0 Å². The van der Waals surface area contributed by atoms with Crippen LogP contribution >= 0.6 is 0 Å². The number of aryl methyl sites for hydroxylation is 1. The van der Waals surface area contributed by atoms with E-state index >= 15 is 0 Å². The lowest BCUT2D eigenvalue weighted by Gasteiger charge is -2.19. The van der Waals surface area contributed by atoms with Crippen molar-refractivity contribution in [3.63, 3.8) is 0 Å². The third kappa shape index (κ3) is 5.10. The zero-order valence-corrected chi connectivity index (χ0v) is 15.8. The van der Waals surface area contributed by atoms with Crippen molar-refractivity contribution in [2.75, 3.05) is 37.5 Å². The van der Waals surface area contributed by atoms with E-state index < -0.39 is 0 Å². The van der Waals surface area contributed by atoms with Gasteiger partial charge < -0.3 is 19.7 Å². The van der Waals surface area contributed by atoms with Crippen molar-refractivity contribution in [2.45, 2.75) is 6.92 Å². The van der Waals surface area contributed by atoms with E-state index in [0.29, 0.717) is 19.1 Å². The van der Waals surface area contributed by atoms with E-state index in [9.17, 15) is 0 Å². The zero-order valence-electron chi connectivity index (χ0n) is 15.8. The number of anilines is 3. The molecule has 0 atom stereocenters. The minimum absolute atomic E-state index is 0.507. The summed E-state index contributed by atoms with van der Waals surface area (Å²) in [6, 6.07) is 19.6. The van der Waals surface area contributed by atoms with Gasteiger partial charge >= 0.3 is 0 Å². The van der Waals surface area contributed by atoms with Gasteiger partial charge in [-0.25, -0.2) is 4.98 Å². The summed E-state index contributed by atoms with van der Waals surface area (Å²) in [5.41, 5.74) is 1.98. The molecule has 27 heavy (non-hydrogen) atoms. The van der Waals surface area contributed by atoms with Crippen LogP contribution in [0.25, 0.3) is 0 Å². The highest BCUT2D eigenvalue weighted by molar-refractivity contribution is 5.60. The maximum Gasteiger partial charge on any atom is 0.224 e. The summed E-state index contributed by atoms with van der Waals surface area (Å²) in [5.74, 6) is 3.04. The van der Waals surface area contributed by atoms with Crippen LogP contribution in [0.5, 0.6) is 11.5 Å². The molecule has 0 radical (unpaired) electrons. The second-order valence-electron chi connectivity index (χ2n) is 6.04. The molecular formula is C21H24N4O2. The topological polar surface area (TPSA) is 59.5 Å². The Balaban J connectivity index is 1.57. The fourth-order valence-electron chi connectivity index (χ4n) is 2.59. The van der Waals surface area contributed by atoms with Crippen LogP contribution in [0.15, 0.2) is 60.7 Å². The molecule has 3 rings (SSSR count). The number of benzene rings is 2. The number of para-hydroxylation sites is 1. The minimum atomic E-state index is 0.507. The molecule has 0 amide bonds. The summed E-state index contributed by atoms with van der Waals surface area (Å²) < 4.78 is 10.9. The molecule has 0 aliphatic carbocycles. The fraction of sp³-hybridized carbons (Fsp3) is 0.238. The smallest absolute Gasteiger partial charge is 0.224 e. The number of nitrogens with zero attached hydrogens (tertiary/aromatic N) is 3. The van der Waals surface area contributed by atoms with Crippen molar-refractivity contribution >= 4 is 17.5 Å². The molecule has 0 spiro atoms. The van der Waals surface area contributed by atoms with E-state index in [4.69, 9.17) is 9.47 Å². The first kappa shape index (κ1) is 18.5. The van der Waals surface area contributed by atoms with Crippen molar-refractivity contribution in [3.8, 4) is 11.5 Å². The molecule has 6 heteroatoms. The molecule has 3 aromatic rings. The summed E-state index contributed by atoms with van der Waals surface area (Å²) in [6.45, 7) is 3.07. The Kier molecular flexibility index (Phi) is 6.10. The second-order valence-corrected chi connectivity index (χ2v) is 6.04. The number of hydrogen-bond acceptors (Lipinski definition) is 6. The molecule has 1 N–H and O–H groups in total. The highest BCUT2D eigenvalue weighted by Gasteiger charge is 2.08. The largest absolute Gasteiger partial charge is 0.497 e. The molecule has 1 heterocycles. The lowest BCUT2D eigenvalue weighted by molar-refractivity contribution is 0.331. The molecular weight excluding hydrogens is 340 g/mol. The average molecular weight is 364 g/mol. The third-order valence-corrected chi connectivity index (χ3v) is 4.04. The van der Waals surface area contributed by atoms with Crippen LogP contribution in [0.4, 0.5) is 17.5 Å². The van der Waals surface area contributed by atoms with Crippen molar-refractivity contribution in [1.29, 1.82) is 0 Å². The summed E-state index contributed by atoms with van der Waals surface area (Å²) in [7, 11) is 3.64. The Bertz CT molecular complexity index is 854. The van der Waals surface area contributed by atoms with Gasteiger partial charge in [0.2, 0.25) is 5.95 Å². The molecule has 0 bridgehead atoms. The van der Waals surface area contributed by atoms with Gasteiger partial charge in [-0.3, -0.25) is 0 Å². The van der Waals surface area contributed by atoms with Gasteiger partial charge in [-0.1, -0.05) is 18.2 Å². The summed E-state index contributed by atoms with van der Waals surface area (Å²) >= 11 is 0. The Hall–Kier alpha value is -3.28. The first-order valence-corrected chi connectivity index (χ1v) is 8.81.